The molecule has 0 amide bonds. The first-order valence-corrected chi connectivity index (χ1v) is 24.3. The number of aryl methyl sites for hydroxylation is 2. The summed E-state index contributed by atoms with van der Waals surface area (Å²) < 4.78 is 0. The van der Waals surface area contributed by atoms with Gasteiger partial charge in [0.25, 0.3) is 0 Å². The molecule has 4 aliphatic rings. The highest BCUT2D eigenvalue weighted by atomic mass is 32.2. The van der Waals surface area contributed by atoms with Crippen molar-refractivity contribution in [2.45, 2.75) is 135 Å². The first kappa shape index (κ1) is 45.6. The SMILES string of the molecule is CCC1=C(SC2=C(CC)/C(=C\c3[nH]c(CC4=N/C(=C/c5[nH]c(C)c(C)c5C)C=C4)c(CC)c3C)N=C2C)C(C)=N/C1=C\c1[nH]c(CC2=N/C(=C/c3[nH]c(C)c(C)c3C)C=C2)c(CC)c1C. The first-order valence-electron chi connectivity index (χ1n) is 23.5. The van der Waals surface area contributed by atoms with Crippen LogP contribution < -0.4 is 0 Å². The summed E-state index contributed by atoms with van der Waals surface area (Å²) in [4.78, 5) is 37.6. The summed E-state index contributed by atoms with van der Waals surface area (Å²) in [5, 5.41) is 0. The maximum atomic E-state index is 5.22. The topological polar surface area (TPSA) is 113 Å². The van der Waals surface area contributed by atoms with Gasteiger partial charge in [0.1, 0.15) is 0 Å². The van der Waals surface area contributed by atoms with Gasteiger partial charge in [-0.1, -0.05) is 39.5 Å². The van der Waals surface area contributed by atoms with Crippen molar-refractivity contribution in [1.82, 2.24) is 19.9 Å². The standard InChI is InChI=1S/C56H66N8S/c1-15-43-33(9)49(63-51(43)25-41-21-19-39(61-41)23-47-31(7)29(5)35(11)57-47)27-53-45(17-3)55(37(13)59-53)65-56-38(14)60-54(46(56)18-4)28-50-34(10)44(16-2)52(64-50)26-42-22-20-40(62-42)24-48-32(8)30(6)36(12)58-48/h19-24,27-28,57-58,63-64H,15-18,25-26H2,1-14H3/b39-23+,40-24+,53-27-,54-28+. The van der Waals surface area contributed by atoms with Crippen LogP contribution in [0, 0.1) is 55.4 Å². The summed E-state index contributed by atoms with van der Waals surface area (Å²) in [6, 6.07) is 0. The van der Waals surface area contributed by atoms with Gasteiger partial charge in [0.15, 0.2) is 0 Å². The zero-order valence-electron chi connectivity index (χ0n) is 41.1. The molecule has 336 valence electrons. The van der Waals surface area contributed by atoms with Crippen LogP contribution >= 0.6 is 11.8 Å². The van der Waals surface area contributed by atoms with E-state index in [0.29, 0.717) is 0 Å². The predicted octanol–water partition coefficient (Wildman–Crippen LogP) is 14.2. The quantitative estimate of drug-likeness (QED) is 0.0993. The molecule has 8 rings (SSSR count). The lowest BCUT2D eigenvalue weighted by Gasteiger charge is -2.10. The van der Waals surface area contributed by atoms with Gasteiger partial charge in [0.2, 0.25) is 0 Å². The number of thioether (sulfide) groups is 1. The fraction of sp³-hybridized carbons (Fsp3) is 0.357. The number of aromatic amines is 4. The van der Waals surface area contributed by atoms with Crippen LogP contribution in [0.4, 0.5) is 0 Å². The fourth-order valence-corrected chi connectivity index (χ4v) is 11.1. The molecular formula is C56H66N8S. The molecule has 0 aliphatic carbocycles. The largest absolute Gasteiger partial charge is 0.359 e. The molecule has 0 fully saturated rings. The van der Waals surface area contributed by atoms with Crippen LogP contribution in [0.25, 0.3) is 24.3 Å². The van der Waals surface area contributed by atoms with Crippen LogP contribution in [0.5, 0.6) is 0 Å². The Hall–Kier alpha value is -5.93. The molecule has 0 atom stereocenters. The van der Waals surface area contributed by atoms with Crippen molar-refractivity contribution in [1.29, 1.82) is 0 Å². The van der Waals surface area contributed by atoms with E-state index in [2.05, 4.69) is 165 Å². The smallest absolute Gasteiger partial charge is 0.0697 e. The van der Waals surface area contributed by atoms with E-state index in [1.165, 1.54) is 88.2 Å². The zero-order valence-corrected chi connectivity index (χ0v) is 41.9. The van der Waals surface area contributed by atoms with Crippen molar-refractivity contribution < 1.29 is 0 Å². The number of nitrogens with one attached hydrogen (secondary N) is 4. The van der Waals surface area contributed by atoms with Crippen LogP contribution in [-0.2, 0) is 25.7 Å². The lowest BCUT2D eigenvalue weighted by atomic mass is 10.0. The van der Waals surface area contributed by atoms with Crippen molar-refractivity contribution in [2.24, 2.45) is 20.0 Å². The number of allylic oxidation sites excluding steroid dienone is 8. The number of hydrogen-bond donors (Lipinski definition) is 4. The molecule has 9 heteroatoms. The van der Waals surface area contributed by atoms with Gasteiger partial charge in [-0.25, -0.2) is 0 Å². The van der Waals surface area contributed by atoms with Gasteiger partial charge in [-0.05, 0) is 199 Å². The number of hydrogen-bond acceptors (Lipinski definition) is 5. The summed E-state index contributed by atoms with van der Waals surface area (Å²) in [6.07, 6.45) is 22.6. The molecule has 0 bridgehead atoms. The summed E-state index contributed by atoms with van der Waals surface area (Å²) in [5.74, 6) is 0. The molecular weight excluding hydrogens is 817 g/mol. The molecule has 8 heterocycles. The number of H-pyrrole nitrogens is 4. The van der Waals surface area contributed by atoms with E-state index < -0.39 is 0 Å². The van der Waals surface area contributed by atoms with Gasteiger partial charge in [0.05, 0.1) is 34.2 Å². The summed E-state index contributed by atoms with van der Waals surface area (Å²) in [6.45, 7) is 30.7. The molecule has 8 nitrogen and oxygen atoms in total. The van der Waals surface area contributed by atoms with Crippen LogP contribution in [0.1, 0.15) is 144 Å². The Kier molecular flexibility index (Phi) is 13.0. The Labute approximate surface area is 390 Å². The molecule has 4 N–H and O–H groups in total. The van der Waals surface area contributed by atoms with Gasteiger partial charge >= 0.3 is 0 Å². The van der Waals surface area contributed by atoms with Crippen molar-refractivity contribution in [3.63, 3.8) is 0 Å². The van der Waals surface area contributed by atoms with Crippen LogP contribution in [0.3, 0.4) is 0 Å². The van der Waals surface area contributed by atoms with E-state index in [0.717, 1.165) is 107 Å². The minimum Gasteiger partial charge on any atom is -0.359 e. The van der Waals surface area contributed by atoms with E-state index in [1.54, 1.807) is 0 Å². The maximum absolute atomic E-state index is 5.22. The molecule has 0 spiro atoms. The van der Waals surface area contributed by atoms with Crippen molar-refractivity contribution in [2.75, 3.05) is 0 Å². The molecule has 4 aliphatic heterocycles. The molecule has 4 aromatic rings. The minimum atomic E-state index is 0.758. The van der Waals surface area contributed by atoms with Crippen molar-refractivity contribution in [3.05, 3.63) is 158 Å². The average molecular weight is 883 g/mol. The lowest BCUT2D eigenvalue weighted by Crippen LogP contribution is -2.00. The van der Waals surface area contributed by atoms with E-state index in [-0.39, 0.29) is 0 Å². The van der Waals surface area contributed by atoms with Gasteiger partial charge in [-0.2, -0.15) is 0 Å². The minimum absolute atomic E-state index is 0.758. The maximum Gasteiger partial charge on any atom is 0.0697 e. The molecule has 65 heavy (non-hydrogen) atoms. The van der Waals surface area contributed by atoms with Crippen LogP contribution in [-0.4, -0.2) is 42.8 Å². The van der Waals surface area contributed by atoms with E-state index in [1.807, 2.05) is 11.8 Å². The van der Waals surface area contributed by atoms with Gasteiger partial charge < -0.3 is 19.9 Å². The summed E-state index contributed by atoms with van der Waals surface area (Å²) in [7, 11) is 0. The highest BCUT2D eigenvalue weighted by Crippen LogP contribution is 2.45. The van der Waals surface area contributed by atoms with E-state index in [4.69, 9.17) is 20.0 Å². The van der Waals surface area contributed by atoms with E-state index >= 15 is 0 Å². The van der Waals surface area contributed by atoms with Gasteiger partial charge in [-0.3, -0.25) is 20.0 Å². The number of aliphatic imine (C=N–C) groups is 4. The molecule has 0 aromatic carbocycles. The molecule has 0 unspecified atom stereocenters. The normalized spacial score (nSPS) is 18.7. The number of rotatable bonds is 14. The molecule has 0 radical (unpaired) electrons. The second kappa shape index (κ2) is 18.5. The second-order valence-electron chi connectivity index (χ2n) is 18.0. The van der Waals surface area contributed by atoms with Crippen molar-refractivity contribution in [3.8, 4) is 0 Å². The molecule has 4 aromatic heterocycles. The van der Waals surface area contributed by atoms with Crippen molar-refractivity contribution >= 4 is 58.9 Å². The first-order chi connectivity index (χ1) is 31.1. The number of aromatic nitrogens is 4. The Morgan fingerprint density at radius 2 is 0.815 bits per heavy atom. The average Bonchev–Trinajstić information content (AvgIpc) is 4.17. The highest BCUT2D eigenvalue weighted by Gasteiger charge is 2.28. The number of nitrogens with zero attached hydrogens (tertiary/aromatic N) is 4. The third-order valence-corrected chi connectivity index (χ3v) is 15.5. The Morgan fingerprint density at radius 3 is 1.15 bits per heavy atom. The summed E-state index contributed by atoms with van der Waals surface area (Å²) >= 11 is 1.84. The van der Waals surface area contributed by atoms with Crippen LogP contribution in [0.15, 0.2) is 88.0 Å². The van der Waals surface area contributed by atoms with E-state index in [9.17, 15) is 0 Å². The second-order valence-corrected chi connectivity index (χ2v) is 19.0. The molecule has 0 saturated carbocycles. The third-order valence-electron chi connectivity index (χ3n) is 14.0. The monoisotopic (exact) mass is 883 g/mol. The van der Waals surface area contributed by atoms with Gasteiger partial charge in [-0.15, -0.1) is 0 Å². The van der Waals surface area contributed by atoms with Gasteiger partial charge in [0, 0.05) is 79.6 Å². The zero-order chi connectivity index (χ0) is 46.4. The Bertz CT molecular complexity index is 2820. The third kappa shape index (κ3) is 8.80. The lowest BCUT2D eigenvalue weighted by molar-refractivity contribution is 1.06. The predicted molar refractivity (Wildman–Crippen MR) is 281 cm³/mol. The Balaban J connectivity index is 1.03. The molecule has 0 saturated heterocycles. The highest BCUT2D eigenvalue weighted by molar-refractivity contribution is 8.08. The van der Waals surface area contributed by atoms with Crippen LogP contribution in [0.2, 0.25) is 0 Å². The Morgan fingerprint density at radius 1 is 0.431 bits per heavy atom. The summed E-state index contributed by atoms with van der Waals surface area (Å²) in [5.41, 5.74) is 30.7. The fourth-order valence-electron chi connectivity index (χ4n) is 9.72.